The van der Waals surface area contributed by atoms with Crippen LogP contribution in [0.25, 0.3) is 0 Å². The van der Waals surface area contributed by atoms with Gasteiger partial charge in [0, 0.05) is 0 Å². The van der Waals surface area contributed by atoms with Crippen molar-refractivity contribution in [3.8, 4) is 0 Å². The zero-order valence-electron chi connectivity index (χ0n) is 14.8. The number of rotatable bonds is 6. The van der Waals surface area contributed by atoms with Crippen LogP contribution in [0.5, 0.6) is 0 Å². The maximum atomic E-state index is 12.5. The van der Waals surface area contributed by atoms with Gasteiger partial charge in [0.2, 0.25) is 0 Å². The van der Waals surface area contributed by atoms with E-state index in [1.807, 2.05) is 0 Å². The van der Waals surface area contributed by atoms with E-state index in [0.29, 0.717) is 6.42 Å². The molecule has 0 aliphatic heterocycles. The van der Waals surface area contributed by atoms with Gasteiger partial charge in [-0.2, -0.15) is 4.39 Å². The first kappa shape index (κ1) is 28.4. The van der Waals surface area contributed by atoms with Gasteiger partial charge in [-0.25, -0.2) is 0 Å². The quantitative estimate of drug-likeness (QED) is 0.419. The molecular formula is C16H34FKO. The summed E-state index contributed by atoms with van der Waals surface area (Å²) in [5.41, 5.74) is -0.773. The molecule has 0 aromatic rings. The van der Waals surface area contributed by atoms with Crippen molar-refractivity contribution in [1.29, 1.82) is 0 Å². The molecule has 0 saturated heterocycles. The predicted octanol–water partition coefficient (Wildman–Crippen LogP) is 2.99. The van der Waals surface area contributed by atoms with E-state index in [1.54, 1.807) is 13.8 Å². The number of halogens is 1. The Morgan fingerprint density at radius 1 is 1.00 bits per heavy atom. The fourth-order valence-corrected chi connectivity index (χ4v) is 1.74. The predicted molar refractivity (Wildman–Crippen MR) is 80.2 cm³/mol. The van der Waals surface area contributed by atoms with Gasteiger partial charge in [0.15, 0.2) is 0 Å². The monoisotopic (exact) mass is 300 g/mol. The zero-order chi connectivity index (χ0) is 14.1. The Morgan fingerprint density at radius 2 is 1.37 bits per heavy atom. The molecule has 0 aromatic heterocycles. The summed E-state index contributed by atoms with van der Waals surface area (Å²) in [5.74, 6) is 0. The normalized spacial score (nSPS) is 10.5. The minimum Gasteiger partial charge on any atom is -0.358 e. The van der Waals surface area contributed by atoms with Crippen LogP contribution in [0.3, 0.4) is 0 Å². The van der Waals surface area contributed by atoms with E-state index in [1.165, 1.54) is 19.3 Å². The minimum atomic E-state index is -1.20. The molecule has 0 fully saturated rings. The molecule has 0 spiro atoms. The Bertz CT molecular complexity index is 211. The second-order valence-corrected chi connectivity index (χ2v) is 6.21. The van der Waals surface area contributed by atoms with Gasteiger partial charge in [0.25, 0.3) is 0 Å². The third-order valence-corrected chi connectivity index (χ3v) is 3.12. The van der Waals surface area contributed by atoms with Gasteiger partial charge < -0.3 is 7.43 Å². The first-order valence-electron chi connectivity index (χ1n) is 6.83. The molecule has 112 valence electrons. The molecule has 3 heteroatoms. The molecule has 0 radical (unpaired) electrons. The largest absolute Gasteiger partial charge is 1.00 e. The maximum absolute atomic E-state index is 12.5. The van der Waals surface area contributed by atoms with Crippen LogP contribution in [0.4, 0.5) is 4.39 Å². The number of carbonyl (C=O) groups is 1. The van der Waals surface area contributed by atoms with E-state index in [0.717, 1.165) is 6.42 Å². The Kier molecular flexibility index (Phi) is 21.2. The van der Waals surface area contributed by atoms with Crippen LogP contribution >= 0.6 is 0 Å². The summed E-state index contributed by atoms with van der Waals surface area (Å²) in [4.78, 5) is 10.6. The van der Waals surface area contributed by atoms with Crippen LogP contribution < -0.4 is 51.4 Å². The average Bonchev–Trinajstić information content (AvgIpc) is 2.18. The van der Waals surface area contributed by atoms with Gasteiger partial charge in [0.05, 0.1) is 5.41 Å². The summed E-state index contributed by atoms with van der Waals surface area (Å²) >= 11 is 0. The number of unbranched alkanes of at least 4 members (excludes halogenated alkanes) is 2. The molecule has 0 bridgehead atoms. The van der Waals surface area contributed by atoms with Gasteiger partial charge in [-0.15, -0.1) is 0 Å². The average molecular weight is 301 g/mol. The van der Waals surface area contributed by atoms with Crippen molar-refractivity contribution >= 4 is 6.04 Å². The summed E-state index contributed by atoms with van der Waals surface area (Å²) in [6.07, 6.45) is 5.64. The first-order chi connectivity index (χ1) is 7.63. The summed E-state index contributed by atoms with van der Waals surface area (Å²) in [5, 5.41) is 0. The van der Waals surface area contributed by atoms with Crippen LogP contribution in [-0.4, -0.2) is 6.04 Å². The van der Waals surface area contributed by atoms with Crippen molar-refractivity contribution in [2.24, 2.45) is 10.8 Å². The molecule has 0 aliphatic rings. The van der Waals surface area contributed by atoms with Gasteiger partial charge in [-0.1, -0.05) is 74.1 Å². The van der Waals surface area contributed by atoms with Crippen molar-refractivity contribution in [3.05, 3.63) is 7.43 Å². The summed E-state index contributed by atoms with van der Waals surface area (Å²) in [6.45, 7) is 13.9. The van der Waals surface area contributed by atoms with Gasteiger partial charge >= 0.3 is 57.4 Å². The molecule has 0 saturated carbocycles. The molecule has 0 aromatic carbocycles. The molecule has 0 atom stereocenters. The smallest absolute Gasteiger partial charge is 0.358 e. The van der Waals surface area contributed by atoms with Crippen molar-refractivity contribution in [2.75, 3.05) is 0 Å². The van der Waals surface area contributed by atoms with Crippen LogP contribution in [0, 0.1) is 18.3 Å². The summed E-state index contributed by atoms with van der Waals surface area (Å²) < 4.78 is 12.5. The van der Waals surface area contributed by atoms with E-state index in [4.69, 9.17) is 0 Å². The summed E-state index contributed by atoms with van der Waals surface area (Å²) in [7, 11) is 0. The first-order valence-corrected chi connectivity index (χ1v) is 6.83. The Labute approximate surface area is 163 Å². The molecule has 0 rings (SSSR count). The second kappa shape index (κ2) is 14.2. The molecule has 0 unspecified atom stereocenters. The SMILES string of the molecule is CCC(C)(C)CC(C)(C)C(=O)F.CCCCC.[CH3-].[K+]. The fourth-order valence-electron chi connectivity index (χ4n) is 1.74. The Morgan fingerprint density at radius 3 is 1.53 bits per heavy atom. The number of hydrogen-bond donors (Lipinski definition) is 0. The Balaban J connectivity index is -0.000000139. The van der Waals surface area contributed by atoms with Crippen molar-refractivity contribution in [1.82, 2.24) is 0 Å². The van der Waals surface area contributed by atoms with Crippen molar-refractivity contribution in [3.63, 3.8) is 0 Å². The van der Waals surface area contributed by atoms with Crippen LogP contribution in [0.2, 0.25) is 0 Å². The van der Waals surface area contributed by atoms with Crippen molar-refractivity contribution in [2.45, 2.75) is 80.6 Å². The van der Waals surface area contributed by atoms with Crippen molar-refractivity contribution < 1.29 is 60.6 Å². The minimum absolute atomic E-state index is 0. The molecular weight excluding hydrogens is 266 g/mol. The third-order valence-electron chi connectivity index (χ3n) is 3.12. The number of carbonyl (C=O) groups excluding carboxylic acids is 1. The molecule has 19 heavy (non-hydrogen) atoms. The molecule has 0 amide bonds. The molecule has 0 aliphatic carbocycles. The Hall–Kier alpha value is 1.24. The van der Waals surface area contributed by atoms with Gasteiger partial charge in [-0.05, 0) is 11.8 Å². The number of hydrogen-bond acceptors (Lipinski definition) is 1. The second-order valence-electron chi connectivity index (χ2n) is 6.21. The van der Waals surface area contributed by atoms with E-state index < -0.39 is 11.5 Å². The summed E-state index contributed by atoms with van der Waals surface area (Å²) in [6, 6.07) is -1.20. The molecule has 0 N–H and O–H groups in total. The molecule has 0 heterocycles. The molecule has 1 nitrogen and oxygen atoms in total. The third kappa shape index (κ3) is 17.2. The van der Waals surface area contributed by atoms with E-state index >= 15 is 0 Å². The van der Waals surface area contributed by atoms with Crippen LogP contribution in [0.1, 0.15) is 80.6 Å². The van der Waals surface area contributed by atoms with E-state index in [-0.39, 0.29) is 64.2 Å². The topological polar surface area (TPSA) is 17.1 Å². The standard InChI is InChI=1S/C10H19FO.C5H12.CH3.K/c1-6-9(2,3)7-10(4,5)8(11)12;1-3-5-4-2;;/h6-7H2,1-5H3;3-5H2,1-2H3;1H3;/q;;-1;+1. The van der Waals surface area contributed by atoms with Crippen LogP contribution in [0.15, 0.2) is 0 Å². The fraction of sp³-hybridized carbons (Fsp3) is 0.875. The van der Waals surface area contributed by atoms with Crippen LogP contribution in [-0.2, 0) is 4.79 Å². The van der Waals surface area contributed by atoms with Gasteiger partial charge in [0.1, 0.15) is 0 Å². The van der Waals surface area contributed by atoms with E-state index in [2.05, 4.69) is 34.6 Å². The zero-order valence-corrected chi connectivity index (χ0v) is 17.9. The maximum Gasteiger partial charge on any atom is 1.00 e. The van der Waals surface area contributed by atoms with E-state index in [9.17, 15) is 9.18 Å². The van der Waals surface area contributed by atoms with Gasteiger partial charge in [-0.3, -0.25) is 4.79 Å².